The Balaban J connectivity index is 2.20. The van der Waals surface area contributed by atoms with Crippen molar-refractivity contribution in [2.45, 2.75) is 33.2 Å². The van der Waals surface area contributed by atoms with Crippen molar-refractivity contribution in [3.05, 3.63) is 53.6 Å². The largest absolute Gasteiger partial charge is 0.508 e. The summed E-state index contributed by atoms with van der Waals surface area (Å²) < 4.78 is 5.81. The summed E-state index contributed by atoms with van der Waals surface area (Å²) in [6.45, 7) is 6.87. The maximum absolute atomic E-state index is 9.94. The zero-order valence-electron chi connectivity index (χ0n) is 12.9. The molecule has 0 aliphatic heterocycles. The van der Waals surface area contributed by atoms with Gasteiger partial charge in [0.2, 0.25) is 0 Å². The van der Waals surface area contributed by atoms with E-state index in [1.807, 2.05) is 37.3 Å². The predicted molar refractivity (Wildman–Crippen MR) is 87.1 cm³/mol. The molecule has 1 unspecified atom stereocenters. The number of ether oxygens (including phenoxy) is 1. The second-order valence-electron chi connectivity index (χ2n) is 5.27. The van der Waals surface area contributed by atoms with Crippen LogP contribution in [-0.2, 0) is 0 Å². The number of phenols is 1. The third-order valence-electron chi connectivity index (χ3n) is 3.37. The summed E-state index contributed by atoms with van der Waals surface area (Å²) >= 11 is 0. The van der Waals surface area contributed by atoms with Gasteiger partial charge in [0.25, 0.3) is 0 Å². The van der Waals surface area contributed by atoms with Gasteiger partial charge in [-0.05, 0) is 44.0 Å². The van der Waals surface area contributed by atoms with Crippen LogP contribution in [0, 0.1) is 6.92 Å². The summed E-state index contributed by atoms with van der Waals surface area (Å²) in [4.78, 5) is 0. The number of rotatable bonds is 6. The van der Waals surface area contributed by atoms with Crippen LogP contribution in [0.25, 0.3) is 0 Å². The van der Waals surface area contributed by atoms with Gasteiger partial charge in [-0.1, -0.05) is 31.2 Å². The van der Waals surface area contributed by atoms with Crippen LogP contribution in [-0.4, -0.2) is 11.7 Å². The molecule has 0 fully saturated rings. The third-order valence-corrected chi connectivity index (χ3v) is 3.37. The molecule has 2 aromatic carbocycles. The molecule has 0 bridgehead atoms. The maximum atomic E-state index is 9.94. The standard InChI is InChI=1S/C18H23NO2/c1-4-11-21-18-12-13(2)9-10-16(18)19-14(3)15-7-5-6-8-17(15)20/h5-10,12,14,19-20H,4,11H2,1-3H3. The number of phenolic OH excluding ortho intramolecular Hbond substituents is 1. The van der Waals surface area contributed by atoms with E-state index in [2.05, 4.69) is 25.2 Å². The highest BCUT2D eigenvalue weighted by atomic mass is 16.5. The van der Waals surface area contributed by atoms with Crippen molar-refractivity contribution < 1.29 is 9.84 Å². The molecule has 3 heteroatoms. The fraction of sp³-hybridized carbons (Fsp3) is 0.333. The van der Waals surface area contributed by atoms with Crippen LogP contribution in [0.5, 0.6) is 11.5 Å². The number of aromatic hydroxyl groups is 1. The zero-order valence-corrected chi connectivity index (χ0v) is 12.9. The molecule has 0 amide bonds. The topological polar surface area (TPSA) is 41.5 Å². The first-order valence-corrected chi connectivity index (χ1v) is 7.39. The van der Waals surface area contributed by atoms with Crippen molar-refractivity contribution in [1.82, 2.24) is 0 Å². The molecule has 0 aromatic heterocycles. The van der Waals surface area contributed by atoms with Gasteiger partial charge >= 0.3 is 0 Å². The Labute approximate surface area is 126 Å². The molecule has 2 N–H and O–H groups in total. The smallest absolute Gasteiger partial charge is 0.142 e. The van der Waals surface area contributed by atoms with E-state index in [0.717, 1.165) is 23.4 Å². The summed E-state index contributed by atoms with van der Waals surface area (Å²) in [5.74, 6) is 1.17. The lowest BCUT2D eigenvalue weighted by Crippen LogP contribution is -2.09. The Kier molecular flexibility index (Phi) is 5.09. The molecule has 0 saturated heterocycles. The molecule has 112 valence electrons. The van der Waals surface area contributed by atoms with E-state index in [4.69, 9.17) is 4.74 Å². The van der Waals surface area contributed by atoms with Crippen molar-refractivity contribution in [3.63, 3.8) is 0 Å². The van der Waals surface area contributed by atoms with Gasteiger partial charge in [-0.3, -0.25) is 0 Å². The molecular weight excluding hydrogens is 262 g/mol. The second-order valence-corrected chi connectivity index (χ2v) is 5.27. The first-order valence-electron chi connectivity index (χ1n) is 7.39. The number of hydrogen-bond acceptors (Lipinski definition) is 3. The van der Waals surface area contributed by atoms with Crippen molar-refractivity contribution >= 4 is 5.69 Å². The minimum atomic E-state index is -0.00196. The minimum Gasteiger partial charge on any atom is -0.508 e. The monoisotopic (exact) mass is 285 g/mol. The average molecular weight is 285 g/mol. The quantitative estimate of drug-likeness (QED) is 0.811. The summed E-state index contributed by atoms with van der Waals surface area (Å²) in [5.41, 5.74) is 2.99. The van der Waals surface area contributed by atoms with Crippen LogP contribution in [0.2, 0.25) is 0 Å². The van der Waals surface area contributed by atoms with Gasteiger partial charge in [0.1, 0.15) is 11.5 Å². The van der Waals surface area contributed by atoms with Crippen molar-refractivity contribution in [2.24, 2.45) is 0 Å². The molecule has 3 nitrogen and oxygen atoms in total. The molecule has 21 heavy (non-hydrogen) atoms. The number of aryl methyl sites for hydroxylation is 1. The van der Waals surface area contributed by atoms with Crippen LogP contribution in [0.4, 0.5) is 5.69 Å². The van der Waals surface area contributed by atoms with Crippen molar-refractivity contribution in [3.8, 4) is 11.5 Å². The highest BCUT2D eigenvalue weighted by molar-refractivity contribution is 5.59. The van der Waals surface area contributed by atoms with Gasteiger partial charge in [-0.2, -0.15) is 0 Å². The van der Waals surface area contributed by atoms with E-state index in [-0.39, 0.29) is 6.04 Å². The zero-order chi connectivity index (χ0) is 15.2. The molecule has 0 saturated carbocycles. The highest BCUT2D eigenvalue weighted by Gasteiger charge is 2.12. The van der Waals surface area contributed by atoms with E-state index in [1.165, 1.54) is 5.56 Å². The van der Waals surface area contributed by atoms with Crippen LogP contribution in [0.15, 0.2) is 42.5 Å². The summed E-state index contributed by atoms with van der Waals surface area (Å²) in [6.07, 6.45) is 0.975. The molecule has 0 aliphatic carbocycles. The third kappa shape index (κ3) is 3.91. The SMILES string of the molecule is CCCOc1cc(C)ccc1NC(C)c1ccccc1O. The van der Waals surface area contributed by atoms with Gasteiger partial charge in [0, 0.05) is 5.56 Å². The summed E-state index contributed by atoms with van der Waals surface area (Å²) in [6, 6.07) is 13.5. The minimum absolute atomic E-state index is 0.00196. The van der Waals surface area contributed by atoms with Crippen LogP contribution in [0.3, 0.4) is 0 Å². The molecule has 2 rings (SSSR count). The molecule has 2 aromatic rings. The van der Waals surface area contributed by atoms with Crippen LogP contribution >= 0.6 is 0 Å². The fourth-order valence-electron chi connectivity index (χ4n) is 2.24. The van der Waals surface area contributed by atoms with E-state index >= 15 is 0 Å². The van der Waals surface area contributed by atoms with Crippen molar-refractivity contribution in [2.75, 3.05) is 11.9 Å². The average Bonchev–Trinajstić information content (AvgIpc) is 2.47. The first-order chi connectivity index (χ1) is 10.1. The van der Waals surface area contributed by atoms with Crippen molar-refractivity contribution in [1.29, 1.82) is 0 Å². The van der Waals surface area contributed by atoms with Gasteiger partial charge in [0.05, 0.1) is 18.3 Å². The Hall–Kier alpha value is -2.16. The Morgan fingerprint density at radius 1 is 1.19 bits per heavy atom. The molecule has 1 atom stereocenters. The maximum Gasteiger partial charge on any atom is 0.142 e. The highest BCUT2D eigenvalue weighted by Crippen LogP contribution is 2.32. The Morgan fingerprint density at radius 3 is 2.67 bits per heavy atom. The summed E-state index contributed by atoms with van der Waals surface area (Å²) in [7, 11) is 0. The number of para-hydroxylation sites is 1. The van der Waals surface area contributed by atoms with Crippen LogP contribution < -0.4 is 10.1 Å². The lowest BCUT2D eigenvalue weighted by Gasteiger charge is -2.20. The number of nitrogens with one attached hydrogen (secondary N) is 1. The molecule has 0 heterocycles. The number of anilines is 1. The van der Waals surface area contributed by atoms with Gasteiger partial charge in [-0.25, -0.2) is 0 Å². The predicted octanol–water partition coefficient (Wildman–Crippen LogP) is 4.66. The summed E-state index contributed by atoms with van der Waals surface area (Å²) in [5, 5.41) is 13.4. The Morgan fingerprint density at radius 2 is 1.95 bits per heavy atom. The normalized spacial score (nSPS) is 12.0. The Bertz CT molecular complexity index is 596. The molecule has 0 radical (unpaired) electrons. The molecule has 0 spiro atoms. The first kappa shape index (κ1) is 15.2. The van der Waals surface area contributed by atoms with E-state index in [9.17, 15) is 5.11 Å². The van der Waals surface area contributed by atoms with Gasteiger partial charge < -0.3 is 15.2 Å². The number of benzene rings is 2. The van der Waals surface area contributed by atoms with E-state index in [1.54, 1.807) is 6.07 Å². The lowest BCUT2D eigenvalue weighted by atomic mass is 10.1. The number of hydrogen-bond donors (Lipinski definition) is 2. The van der Waals surface area contributed by atoms with Gasteiger partial charge in [0.15, 0.2) is 0 Å². The lowest BCUT2D eigenvalue weighted by molar-refractivity contribution is 0.318. The van der Waals surface area contributed by atoms with Gasteiger partial charge in [-0.15, -0.1) is 0 Å². The van der Waals surface area contributed by atoms with Crippen LogP contribution in [0.1, 0.15) is 37.4 Å². The fourth-order valence-corrected chi connectivity index (χ4v) is 2.24. The molecule has 0 aliphatic rings. The van der Waals surface area contributed by atoms with E-state index in [0.29, 0.717) is 12.4 Å². The molecular formula is C18H23NO2. The second kappa shape index (κ2) is 7.02. The van der Waals surface area contributed by atoms with E-state index < -0.39 is 0 Å².